The van der Waals surface area contributed by atoms with Crippen molar-refractivity contribution in [3.63, 3.8) is 0 Å². The van der Waals surface area contributed by atoms with E-state index in [0.717, 1.165) is 0 Å². The molecule has 0 aromatic rings. The Bertz CT molecular complexity index is 360. The SMILES string of the molecule is CCCS(=O)(=O)NC1(C(=O)OC)CC(N)C1. The molecule has 16 heavy (non-hydrogen) atoms. The number of nitrogens with one attached hydrogen (secondary N) is 1. The number of esters is 1. The maximum atomic E-state index is 11.6. The number of carbonyl (C=O) groups is 1. The first-order valence-corrected chi connectivity index (χ1v) is 6.86. The van der Waals surface area contributed by atoms with E-state index in [-0.39, 0.29) is 11.8 Å². The predicted octanol–water partition coefficient (Wildman–Crippen LogP) is -0.651. The maximum Gasteiger partial charge on any atom is 0.327 e. The molecule has 94 valence electrons. The Hall–Kier alpha value is -0.660. The van der Waals surface area contributed by atoms with Crippen molar-refractivity contribution in [3.8, 4) is 0 Å². The average Bonchev–Trinajstić information content (AvgIpc) is 2.13. The van der Waals surface area contributed by atoms with Gasteiger partial charge in [0.2, 0.25) is 10.0 Å². The molecule has 0 saturated heterocycles. The lowest BCUT2D eigenvalue weighted by Crippen LogP contribution is -2.66. The van der Waals surface area contributed by atoms with E-state index in [0.29, 0.717) is 19.3 Å². The fourth-order valence-corrected chi connectivity index (χ4v) is 3.42. The maximum absolute atomic E-state index is 11.6. The van der Waals surface area contributed by atoms with Crippen molar-refractivity contribution in [2.45, 2.75) is 37.8 Å². The molecule has 1 fully saturated rings. The summed E-state index contributed by atoms with van der Waals surface area (Å²) in [6.45, 7) is 1.76. The Labute approximate surface area is 95.6 Å². The normalized spacial score (nSPS) is 29.6. The summed E-state index contributed by atoms with van der Waals surface area (Å²) >= 11 is 0. The number of rotatable bonds is 5. The summed E-state index contributed by atoms with van der Waals surface area (Å²) in [7, 11) is -2.20. The Kier molecular flexibility index (Phi) is 3.92. The number of methoxy groups -OCH3 is 1. The molecule has 0 radical (unpaired) electrons. The second-order valence-electron chi connectivity index (χ2n) is 4.16. The Morgan fingerprint density at radius 2 is 2.12 bits per heavy atom. The number of nitrogens with two attached hydrogens (primary N) is 1. The third kappa shape index (κ3) is 2.72. The van der Waals surface area contributed by atoms with Crippen LogP contribution in [0.5, 0.6) is 0 Å². The molecule has 1 rings (SSSR count). The minimum absolute atomic E-state index is 0.000975. The summed E-state index contributed by atoms with van der Waals surface area (Å²) in [4.78, 5) is 11.5. The van der Waals surface area contributed by atoms with E-state index in [1.807, 2.05) is 0 Å². The molecule has 0 aromatic heterocycles. The number of sulfonamides is 1. The molecule has 0 unspecified atom stereocenters. The van der Waals surface area contributed by atoms with Crippen LogP contribution in [0.25, 0.3) is 0 Å². The number of carbonyl (C=O) groups excluding carboxylic acids is 1. The van der Waals surface area contributed by atoms with Crippen molar-refractivity contribution in [1.82, 2.24) is 4.72 Å². The minimum atomic E-state index is -3.44. The first-order chi connectivity index (χ1) is 7.35. The fourth-order valence-electron chi connectivity index (χ4n) is 1.94. The van der Waals surface area contributed by atoms with Gasteiger partial charge >= 0.3 is 5.97 Å². The largest absolute Gasteiger partial charge is 0.468 e. The Balaban J connectivity index is 2.78. The quantitative estimate of drug-likeness (QED) is 0.632. The van der Waals surface area contributed by atoms with Gasteiger partial charge in [-0.05, 0) is 19.3 Å². The summed E-state index contributed by atoms with van der Waals surface area (Å²) < 4.78 is 30.2. The van der Waals surface area contributed by atoms with Crippen LogP contribution in [0.15, 0.2) is 0 Å². The summed E-state index contributed by atoms with van der Waals surface area (Å²) in [5, 5.41) is 0. The second kappa shape index (κ2) is 4.68. The summed E-state index contributed by atoms with van der Waals surface area (Å²) in [5.41, 5.74) is 4.46. The van der Waals surface area contributed by atoms with E-state index in [1.165, 1.54) is 7.11 Å². The molecule has 7 heteroatoms. The van der Waals surface area contributed by atoms with Crippen molar-refractivity contribution < 1.29 is 17.9 Å². The van der Waals surface area contributed by atoms with Gasteiger partial charge in [0.15, 0.2) is 0 Å². The monoisotopic (exact) mass is 250 g/mol. The summed E-state index contributed by atoms with van der Waals surface area (Å²) in [6, 6.07) is -0.150. The zero-order valence-corrected chi connectivity index (χ0v) is 10.3. The Morgan fingerprint density at radius 1 is 1.56 bits per heavy atom. The van der Waals surface area contributed by atoms with Crippen LogP contribution < -0.4 is 10.5 Å². The lowest BCUT2D eigenvalue weighted by Gasteiger charge is -2.43. The van der Waals surface area contributed by atoms with Gasteiger partial charge in [-0.15, -0.1) is 0 Å². The van der Waals surface area contributed by atoms with Crippen LogP contribution in [-0.4, -0.2) is 38.8 Å². The molecule has 6 nitrogen and oxygen atoms in total. The van der Waals surface area contributed by atoms with Crippen LogP contribution in [0.1, 0.15) is 26.2 Å². The molecule has 0 amide bonds. The van der Waals surface area contributed by atoms with Crippen LogP contribution in [0.3, 0.4) is 0 Å². The van der Waals surface area contributed by atoms with E-state index in [4.69, 9.17) is 5.73 Å². The van der Waals surface area contributed by atoms with Gasteiger partial charge in [0.05, 0.1) is 12.9 Å². The first kappa shape index (κ1) is 13.4. The first-order valence-electron chi connectivity index (χ1n) is 5.21. The third-order valence-corrected chi connectivity index (χ3v) is 4.27. The summed E-state index contributed by atoms with van der Waals surface area (Å²) in [5.74, 6) is -0.560. The van der Waals surface area contributed by atoms with Crippen LogP contribution in [-0.2, 0) is 19.6 Å². The molecule has 1 aliphatic carbocycles. The fraction of sp³-hybridized carbons (Fsp3) is 0.889. The van der Waals surface area contributed by atoms with Gasteiger partial charge in [0.1, 0.15) is 5.54 Å². The highest BCUT2D eigenvalue weighted by Crippen LogP contribution is 2.33. The van der Waals surface area contributed by atoms with Gasteiger partial charge in [-0.25, -0.2) is 8.42 Å². The summed E-state index contributed by atoms with van der Waals surface area (Å²) in [6.07, 6.45) is 1.09. The molecule has 1 aliphatic rings. The van der Waals surface area contributed by atoms with Crippen LogP contribution >= 0.6 is 0 Å². The Morgan fingerprint density at radius 3 is 2.50 bits per heavy atom. The zero-order valence-electron chi connectivity index (χ0n) is 9.52. The molecule has 0 aromatic carbocycles. The molecule has 0 bridgehead atoms. The van der Waals surface area contributed by atoms with Crippen molar-refractivity contribution in [3.05, 3.63) is 0 Å². The highest BCUT2D eigenvalue weighted by molar-refractivity contribution is 7.89. The number of hydrogen-bond acceptors (Lipinski definition) is 5. The predicted molar refractivity (Wildman–Crippen MR) is 59.2 cm³/mol. The molecule has 1 saturated carbocycles. The van der Waals surface area contributed by atoms with Crippen molar-refractivity contribution in [2.75, 3.05) is 12.9 Å². The van der Waals surface area contributed by atoms with Gasteiger partial charge < -0.3 is 10.5 Å². The average molecular weight is 250 g/mol. The van der Waals surface area contributed by atoms with E-state index in [2.05, 4.69) is 9.46 Å². The number of ether oxygens (including phenoxy) is 1. The van der Waals surface area contributed by atoms with Gasteiger partial charge in [0.25, 0.3) is 0 Å². The van der Waals surface area contributed by atoms with E-state index in [1.54, 1.807) is 6.92 Å². The second-order valence-corrected chi connectivity index (χ2v) is 6.00. The van der Waals surface area contributed by atoms with Gasteiger partial charge in [-0.1, -0.05) is 6.92 Å². The van der Waals surface area contributed by atoms with Crippen LogP contribution in [0.4, 0.5) is 0 Å². The van der Waals surface area contributed by atoms with Crippen LogP contribution in [0, 0.1) is 0 Å². The van der Waals surface area contributed by atoms with Gasteiger partial charge in [0, 0.05) is 6.04 Å². The minimum Gasteiger partial charge on any atom is -0.468 e. The smallest absolute Gasteiger partial charge is 0.327 e. The van der Waals surface area contributed by atoms with E-state index >= 15 is 0 Å². The lowest BCUT2D eigenvalue weighted by atomic mass is 9.74. The molecule has 0 heterocycles. The molecular weight excluding hydrogens is 232 g/mol. The standard InChI is InChI=1S/C9H18N2O4S/c1-3-4-16(13,14)11-9(8(12)15-2)5-7(10)6-9/h7,11H,3-6,10H2,1-2H3. The van der Waals surface area contributed by atoms with E-state index in [9.17, 15) is 13.2 Å². The third-order valence-electron chi connectivity index (χ3n) is 2.62. The molecule has 0 atom stereocenters. The lowest BCUT2D eigenvalue weighted by molar-refractivity contribution is -0.152. The highest BCUT2D eigenvalue weighted by Gasteiger charge is 2.52. The molecule has 0 aliphatic heterocycles. The van der Waals surface area contributed by atoms with Crippen molar-refractivity contribution in [1.29, 1.82) is 0 Å². The number of hydrogen-bond donors (Lipinski definition) is 2. The molecule has 3 N–H and O–H groups in total. The van der Waals surface area contributed by atoms with Crippen molar-refractivity contribution >= 4 is 16.0 Å². The highest BCUT2D eigenvalue weighted by atomic mass is 32.2. The van der Waals surface area contributed by atoms with Crippen LogP contribution in [0.2, 0.25) is 0 Å². The molecular formula is C9H18N2O4S. The topological polar surface area (TPSA) is 98.5 Å². The molecule has 0 spiro atoms. The van der Waals surface area contributed by atoms with Crippen molar-refractivity contribution in [2.24, 2.45) is 5.73 Å². The zero-order chi connectivity index (χ0) is 12.4. The van der Waals surface area contributed by atoms with Gasteiger partial charge in [-0.2, -0.15) is 4.72 Å². The van der Waals surface area contributed by atoms with Gasteiger partial charge in [-0.3, -0.25) is 4.79 Å². The van der Waals surface area contributed by atoms with E-state index < -0.39 is 21.5 Å².